The van der Waals surface area contributed by atoms with E-state index < -0.39 is 15.9 Å². The van der Waals surface area contributed by atoms with Crippen LogP contribution in [0, 0.1) is 13.8 Å². The average Bonchev–Trinajstić information content (AvgIpc) is 2.90. The van der Waals surface area contributed by atoms with Crippen molar-refractivity contribution in [1.29, 1.82) is 0 Å². The van der Waals surface area contributed by atoms with Crippen LogP contribution in [0.15, 0.2) is 46.3 Å². The summed E-state index contributed by atoms with van der Waals surface area (Å²) in [6.07, 6.45) is 0. The first kappa shape index (κ1) is 19.5. The molecule has 8 heteroatoms. The smallest absolute Gasteiger partial charge is 0.279 e. The van der Waals surface area contributed by atoms with Gasteiger partial charge in [0.05, 0.1) is 15.1 Å². The third-order valence-corrected chi connectivity index (χ3v) is 7.22. The maximum Gasteiger partial charge on any atom is 0.279 e. The maximum atomic E-state index is 12.6. The fourth-order valence-corrected chi connectivity index (χ4v) is 5.02. The highest BCUT2D eigenvalue weighted by Crippen LogP contribution is 2.22. The Hall–Kier alpha value is -2.29. The van der Waals surface area contributed by atoms with E-state index in [2.05, 4.69) is 17.1 Å². The normalized spacial score (nSPS) is 12.9. The van der Waals surface area contributed by atoms with Gasteiger partial charge in [-0.1, -0.05) is 17.4 Å². The van der Waals surface area contributed by atoms with Crippen LogP contribution in [0.1, 0.15) is 21.5 Å². The van der Waals surface area contributed by atoms with E-state index in [9.17, 15) is 13.2 Å². The summed E-state index contributed by atoms with van der Waals surface area (Å²) < 4.78 is 28.4. The van der Waals surface area contributed by atoms with Crippen LogP contribution in [-0.4, -0.2) is 37.3 Å². The highest BCUT2D eigenvalue weighted by atomic mass is 32.2. The Morgan fingerprint density at radius 3 is 2.33 bits per heavy atom. The van der Waals surface area contributed by atoms with Crippen LogP contribution in [0.2, 0.25) is 0 Å². The molecule has 0 aliphatic heterocycles. The van der Waals surface area contributed by atoms with Gasteiger partial charge >= 0.3 is 0 Å². The third-order valence-electron chi connectivity index (χ3n) is 4.31. The minimum atomic E-state index is -3.52. The first-order valence-electron chi connectivity index (χ1n) is 8.29. The molecular weight excluding hydrogens is 382 g/mol. The molecule has 6 nitrogen and oxygen atoms in total. The molecule has 0 aliphatic rings. The zero-order valence-electron chi connectivity index (χ0n) is 15.8. The molecule has 1 heterocycles. The molecule has 0 aliphatic carbocycles. The fourth-order valence-electron chi connectivity index (χ4n) is 2.92. The van der Waals surface area contributed by atoms with Crippen LogP contribution in [0.4, 0.5) is 0 Å². The summed E-state index contributed by atoms with van der Waals surface area (Å²) >= 11 is 1.46. The molecule has 0 saturated carbocycles. The van der Waals surface area contributed by atoms with Crippen molar-refractivity contribution in [2.24, 2.45) is 12.0 Å². The number of nitrogens with zero attached hydrogens (tertiary/aromatic N) is 3. The lowest BCUT2D eigenvalue weighted by molar-refractivity contribution is 0.0998. The number of rotatable bonds is 3. The molecule has 3 aromatic rings. The summed E-state index contributed by atoms with van der Waals surface area (Å²) in [6.45, 7) is 4.08. The van der Waals surface area contributed by atoms with E-state index in [4.69, 9.17) is 0 Å². The van der Waals surface area contributed by atoms with Gasteiger partial charge in [0.2, 0.25) is 10.0 Å². The Kier molecular flexibility index (Phi) is 5.07. The molecule has 1 amide bonds. The van der Waals surface area contributed by atoms with Gasteiger partial charge in [0.25, 0.3) is 5.91 Å². The third kappa shape index (κ3) is 3.60. The first-order valence-corrected chi connectivity index (χ1v) is 10.6. The van der Waals surface area contributed by atoms with Crippen LogP contribution < -0.4 is 4.80 Å². The second kappa shape index (κ2) is 7.03. The summed E-state index contributed by atoms with van der Waals surface area (Å²) in [5.74, 6) is -0.402. The lowest BCUT2D eigenvalue weighted by Crippen LogP contribution is -2.22. The number of hydrogen-bond acceptors (Lipinski definition) is 4. The number of sulfonamides is 1. The number of fused-ring (bicyclic) bond motifs is 1. The highest BCUT2D eigenvalue weighted by Gasteiger charge is 2.17. The molecule has 0 fully saturated rings. The summed E-state index contributed by atoms with van der Waals surface area (Å²) in [5.41, 5.74) is 3.70. The van der Waals surface area contributed by atoms with Crippen molar-refractivity contribution in [3.8, 4) is 0 Å². The molecule has 0 N–H and O–H groups in total. The minimum Gasteiger partial charge on any atom is -0.319 e. The minimum absolute atomic E-state index is 0.141. The monoisotopic (exact) mass is 403 g/mol. The zero-order valence-corrected chi connectivity index (χ0v) is 17.5. The number of carbonyl (C=O) groups excluding carboxylic acids is 1. The Morgan fingerprint density at radius 2 is 1.74 bits per heavy atom. The molecule has 3 rings (SSSR count). The van der Waals surface area contributed by atoms with Crippen molar-refractivity contribution in [2.75, 3.05) is 14.1 Å². The van der Waals surface area contributed by atoms with Crippen LogP contribution >= 0.6 is 11.3 Å². The molecule has 1 aromatic heterocycles. The molecule has 0 unspecified atom stereocenters. The van der Waals surface area contributed by atoms with Gasteiger partial charge in [-0.25, -0.2) is 12.7 Å². The van der Waals surface area contributed by atoms with Gasteiger partial charge in [-0.2, -0.15) is 4.99 Å². The first-order chi connectivity index (χ1) is 12.6. The fraction of sp³-hybridized carbons (Fsp3) is 0.263. The summed E-state index contributed by atoms with van der Waals surface area (Å²) in [7, 11) is 1.30. The van der Waals surface area contributed by atoms with Crippen molar-refractivity contribution in [2.45, 2.75) is 18.7 Å². The van der Waals surface area contributed by atoms with E-state index in [0.717, 1.165) is 25.6 Å². The predicted molar refractivity (Wildman–Crippen MR) is 107 cm³/mol. The van der Waals surface area contributed by atoms with Crippen molar-refractivity contribution >= 4 is 37.5 Å². The number of thiazole rings is 1. The van der Waals surface area contributed by atoms with Gasteiger partial charge in [0, 0.05) is 26.7 Å². The van der Waals surface area contributed by atoms with Gasteiger partial charge in [0.1, 0.15) is 0 Å². The zero-order chi connectivity index (χ0) is 19.9. The van der Waals surface area contributed by atoms with Gasteiger partial charge in [-0.15, -0.1) is 0 Å². The number of carbonyl (C=O) groups is 1. The SMILES string of the molecule is Cc1cc(C)c2c(c1)sc(=NC(=O)c1ccc(S(=O)(=O)N(C)C)cc1)n2C. The highest BCUT2D eigenvalue weighted by molar-refractivity contribution is 7.89. The van der Waals surface area contributed by atoms with Crippen molar-refractivity contribution in [3.63, 3.8) is 0 Å². The molecular formula is C19H21N3O3S2. The van der Waals surface area contributed by atoms with E-state index in [1.807, 2.05) is 25.5 Å². The van der Waals surface area contributed by atoms with Gasteiger partial charge in [-0.05, 0) is 55.3 Å². The van der Waals surface area contributed by atoms with Crippen molar-refractivity contribution in [1.82, 2.24) is 8.87 Å². The van der Waals surface area contributed by atoms with Crippen LogP contribution in [0.3, 0.4) is 0 Å². The van der Waals surface area contributed by atoms with E-state index in [1.165, 1.54) is 49.7 Å². The van der Waals surface area contributed by atoms with E-state index in [0.29, 0.717) is 10.4 Å². The Balaban J connectivity index is 2.01. The largest absolute Gasteiger partial charge is 0.319 e. The lowest BCUT2D eigenvalue weighted by atomic mass is 10.1. The number of aryl methyl sites for hydroxylation is 3. The van der Waals surface area contributed by atoms with Gasteiger partial charge < -0.3 is 4.57 Å². The summed E-state index contributed by atoms with van der Waals surface area (Å²) in [5, 5.41) is 0. The molecule has 0 atom stereocenters. The van der Waals surface area contributed by atoms with Crippen LogP contribution in [0.25, 0.3) is 10.2 Å². The number of benzene rings is 2. The van der Waals surface area contributed by atoms with E-state index >= 15 is 0 Å². The summed E-state index contributed by atoms with van der Waals surface area (Å²) in [4.78, 5) is 17.5. The van der Waals surface area contributed by atoms with E-state index in [-0.39, 0.29) is 4.90 Å². The number of hydrogen-bond donors (Lipinski definition) is 0. The second-order valence-corrected chi connectivity index (χ2v) is 9.76. The average molecular weight is 404 g/mol. The van der Waals surface area contributed by atoms with Crippen LogP contribution in [0.5, 0.6) is 0 Å². The molecule has 0 bridgehead atoms. The Labute approximate surface area is 162 Å². The lowest BCUT2D eigenvalue weighted by Gasteiger charge is -2.11. The number of amides is 1. The quantitative estimate of drug-likeness (QED) is 0.675. The molecule has 0 spiro atoms. The Morgan fingerprint density at radius 1 is 1.11 bits per heavy atom. The molecule has 2 aromatic carbocycles. The van der Waals surface area contributed by atoms with Crippen LogP contribution in [-0.2, 0) is 17.1 Å². The second-order valence-electron chi connectivity index (χ2n) is 6.60. The molecule has 142 valence electrons. The number of aromatic nitrogens is 1. The topological polar surface area (TPSA) is 71.7 Å². The Bertz CT molecular complexity index is 1200. The van der Waals surface area contributed by atoms with Gasteiger partial charge in [-0.3, -0.25) is 4.79 Å². The van der Waals surface area contributed by atoms with E-state index in [1.54, 1.807) is 0 Å². The molecule has 0 saturated heterocycles. The standard InChI is InChI=1S/C19H21N3O3S2/c1-12-10-13(2)17-16(11-12)26-19(22(17)5)20-18(23)14-6-8-15(9-7-14)27(24,25)21(3)4/h6-11H,1-5H3. The predicted octanol–water partition coefficient (Wildman–Crippen LogP) is 2.85. The molecule has 27 heavy (non-hydrogen) atoms. The van der Waals surface area contributed by atoms with Crippen molar-refractivity contribution in [3.05, 3.63) is 57.9 Å². The maximum absolute atomic E-state index is 12.6. The molecule has 0 radical (unpaired) electrons. The van der Waals surface area contributed by atoms with Crippen molar-refractivity contribution < 1.29 is 13.2 Å². The van der Waals surface area contributed by atoms with Gasteiger partial charge in [0.15, 0.2) is 4.80 Å². The summed E-state index contributed by atoms with van der Waals surface area (Å²) in [6, 6.07) is 10.0.